The Balaban J connectivity index is 0.00000450. The summed E-state index contributed by atoms with van der Waals surface area (Å²) < 4.78 is 0. The first-order valence-corrected chi connectivity index (χ1v) is 11.1. The first-order valence-electron chi connectivity index (χ1n) is 10.7. The molecule has 1 aliphatic rings. The Bertz CT molecular complexity index is 675. The van der Waals surface area contributed by atoms with Gasteiger partial charge >= 0.3 is 0 Å². The van der Waals surface area contributed by atoms with Crippen molar-refractivity contribution >= 4 is 47.4 Å². The standard InChI is InChI=1S/C22H36ClN5O.HI/c1-5-27(6-2)20(18-9-7-8-10-19(18)23)16-26-22(25-4)28-13-11-17(12-14-28)15-21(29)24-3;/h7-10,17,20H,5-6,11-16H2,1-4H3,(H,24,29)(H,25,26);1H. The van der Waals surface area contributed by atoms with E-state index in [4.69, 9.17) is 11.6 Å². The van der Waals surface area contributed by atoms with Crippen LogP contribution in [0.25, 0.3) is 0 Å². The number of amides is 1. The highest BCUT2D eigenvalue weighted by atomic mass is 127. The molecule has 0 aliphatic carbocycles. The van der Waals surface area contributed by atoms with E-state index in [0.29, 0.717) is 12.3 Å². The molecule has 2 N–H and O–H groups in total. The molecule has 0 spiro atoms. The highest BCUT2D eigenvalue weighted by molar-refractivity contribution is 14.0. The monoisotopic (exact) mass is 549 g/mol. The van der Waals surface area contributed by atoms with Gasteiger partial charge in [0.15, 0.2) is 5.96 Å². The predicted molar refractivity (Wildman–Crippen MR) is 137 cm³/mol. The molecule has 8 heteroatoms. The lowest BCUT2D eigenvalue weighted by atomic mass is 9.93. The zero-order chi connectivity index (χ0) is 21.2. The number of carbonyl (C=O) groups excluding carboxylic acids is 1. The van der Waals surface area contributed by atoms with Gasteiger partial charge in [-0.15, -0.1) is 24.0 Å². The second-order valence-electron chi connectivity index (χ2n) is 7.49. The summed E-state index contributed by atoms with van der Waals surface area (Å²) in [5, 5.41) is 7.11. The van der Waals surface area contributed by atoms with Crippen LogP contribution in [-0.4, -0.2) is 68.5 Å². The number of likely N-dealkylation sites (tertiary alicyclic amines) is 1. The van der Waals surface area contributed by atoms with Crippen LogP contribution in [0.5, 0.6) is 0 Å². The second-order valence-corrected chi connectivity index (χ2v) is 7.90. The highest BCUT2D eigenvalue weighted by Gasteiger charge is 2.25. The van der Waals surface area contributed by atoms with Crippen molar-refractivity contribution in [2.45, 2.75) is 39.2 Å². The maximum Gasteiger partial charge on any atom is 0.220 e. The summed E-state index contributed by atoms with van der Waals surface area (Å²) in [4.78, 5) is 20.9. The minimum Gasteiger partial charge on any atom is -0.359 e. The molecule has 0 saturated carbocycles. The lowest BCUT2D eigenvalue weighted by molar-refractivity contribution is -0.121. The van der Waals surface area contributed by atoms with Crippen molar-refractivity contribution in [2.24, 2.45) is 10.9 Å². The van der Waals surface area contributed by atoms with E-state index in [1.807, 2.05) is 25.2 Å². The molecule has 1 atom stereocenters. The average molecular weight is 550 g/mol. The Hall–Kier alpha value is -1.06. The van der Waals surface area contributed by atoms with Crippen LogP contribution in [0.1, 0.15) is 44.7 Å². The maximum absolute atomic E-state index is 11.6. The van der Waals surface area contributed by atoms with Crippen molar-refractivity contribution < 1.29 is 4.79 Å². The summed E-state index contributed by atoms with van der Waals surface area (Å²) in [5.74, 6) is 1.51. The molecule has 6 nitrogen and oxygen atoms in total. The van der Waals surface area contributed by atoms with E-state index in [-0.39, 0.29) is 35.9 Å². The summed E-state index contributed by atoms with van der Waals surface area (Å²) >= 11 is 6.52. The number of guanidine groups is 1. The molecular weight excluding hydrogens is 513 g/mol. The van der Waals surface area contributed by atoms with Crippen molar-refractivity contribution in [2.75, 3.05) is 46.8 Å². The minimum absolute atomic E-state index is 0. The second kappa shape index (κ2) is 14.1. The number of benzene rings is 1. The lowest BCUT2D eigenvalue weighted by Gasteiger charge is -2.36. The van der Waals surface area contributed by atoms with Gasteiger partial charge in [-0.2, -0.15) is 0 Å². The Kier molecular flexibility index (Phi) is 12.7. The van der Waals surface area contributed by atoms with E-state index in [1.54, 1.807) is 7.05 Å². The first kappa shape index (κ1) is 27.0. The van der Waals surface area contributed by atoms with Crippen LogP contribution >= 0.6 is 35.6 Å². The zero-order valence-electron chi connectivity index (χ0n) is 18.7. The molecule has 1 heterocycles. The van der Waals surface area contributed by atoms with Gasteiger partial charge in [0.1, 0.15) is 0 Å². The molecule has 1 amide bonds. The molecule has 1 saturated heterocycles. The van der Waals surface area contributed by atoms with Crippen LogP contribution in [-0.2, 0) is 4.79 Å². The molecule has 1 unspecified atom stereocenters. The van der Waals surface area contributed by atoms with Gasteiger partial charge in [0.2, 0.25) is 5.91 Å². The van der Waals surface area contributed by atoms with Crippen molar-refractivity contribution in [1.29, 1.82) is 0 Å². The van der Waals surface area contributed by atoms with E-state index in [1.165, 1.54) is 0 Å². The van der Waals surface area contributed by atoms with Gasteiger partial charge < -0.3 is 15.5 Å². The van der Waals surface area contributed by atoms with E-state index in [0.717, 1.165) is 62.1 Å². The van der Waals surface area contributed by atoms with E-state index < -0.39 is 0 Å². The van der Waals surface area contributed by atoms with Crippen LogP contribution < -0.4 is 10.6 Å². The molecule has 170 valence electrons. The number of halogens is 2. The van der Waals surface area contributed by atoms with Crippen molar-refractivity contribution in [3.63, 3.8) is 0 Å². The average Bonchev–Trinajstić information content (AvgIpc) is 2.75. The fourth-order valence-electron chi connectivity index (χ4n) is 4.08. The zero-order valence-corrected chi connectivity index (χ0v) is 21.7. The molecule has 2 rings (SSSR count). The molecule has 0 bridgehead atoms. The number of piperidine rings is 1. The molecule has 0 aromatic heterocycles. The quantitative estimate of drug-likeness (QED) is 0.295. The smallest absolute Gasteiger partial charge is 0.220 e. The highest BCUT2D eigenvalue weighted by Crippen LogP contribution is 2.27. The Morgan fingerprint density at radius 3 is 2.43 bits per heavy atom. The van der Waals surface area contributed by atoms with E-state index >= 15 is 0 Å². The number of rotatable bonds is 8. The van der Waals surface area contributed by atoms with Crippen molar-refractivity contribution in [1.82, 2.24) is 20.4 Å². The number of aliphatic imine (C=N–C) groups is 1. The Labute approximate surface area is 203 Å². The molecule has 1 fully saturated rings. The van der Waals surface area contributed by atoms with Gasteiger partial charge in [-0.25, -0.2) is 0 Å². The largest absolute Gasteiger partial charge is 0.359 e. The van der Waals surface area contributed by atoms with Crippen LogP contribution in [0, 0.1) is 5.92 Å². The summed E-state index contributed by atoms with van der Waals surface area (Å²) in [6.45, 7) is 8.86. The number of nitrogens with zero attached hydrogens (tertiary/aromatic N) is 3. The van der Waals surface area contributed by atoms with Crippen molar-refractivity contribution in [3.05, 3.63) is 34.9 Å². The molecule has 1 aliphatic heterocycles. The summed E-state index contributed by atoms with van der Waals surface area (Å²) in [5.41, 5.74) is 1.14. The van der Waals surface area contributed by atoms with Gasteiger partial charge in [0.25, 0.3) is 0 Å². The minimum atomic E-state index is 0. The first-order chi connectivity index (χ1) is 14.0. The van der Waals surface area contributed by atoms with Crippen LogP contribution in [0.3, 0.4) is 0 Å². The Morgan fingerprint density at radius 1 is 1.27 bits per heavy atom. The van der Waals surface area contributed by atoms with Crippen LogP contribution in [0.4, 0.5) is 0 Å². The lowest BCUT2D eigenvalue weighted by Crippen LogP contribution is -2.48. The summed E-state index contributed by atoms with van der Waals surface area (Å²) in [7, 11) is 3.54. The molecule has 1 aromatic carbocycles. The fourth-order valence-corrected chi connectivity index (χ4v) is 4.34. The number of hydrogen-bond donors (Lipinski definition) is 2. The normalized spacial score (nSPS) is 16.2. The molecule has 0 radical (unpaired) electrons. The molecule has 1 aromatic rings. The third kappa shape index (κ3) is 7.57. The van der Waals surface area contributed by atoms with E-state index in [9.17, 15) is 4.79 Å². The number of likely N-dealkylation sites (N-methyl/N-ethyl adjacent to an activating group) is 1. The predicted octanol–water partition coefficient (Wildman–Crippen LogP) is 3.76. The van der Waals surface area contributed by atoms with Gasteiger partial charge in [-0.1, -0.05) is 43.6 Å². The fraction of sp³-hybridized carbons (Fsp3) is 0.636. The third-order valence-electron chi connectivity index (χ3n) is 5.85. The summed E-state index contributed by atoms with van der Waals surface area (Å²) in [6.07, 6.45) is 2.64. The van der Waals surface area contributed by atoms with Gasteiger partial charge in [-0.3, -0.25) is 14.7 Å². The van der Waals surface area contributed by atoms with Crippen molar-refractivity contribution in [3.8, 4) is 0 Å². The number of carbonyl (C=O) groups is 1. The van der Waals surface area contributed by atoms with E-state index in [2.05, 4.69) is 45.3 Å². The summed E-state index contributed by atoms with van der Waals surface area (Å²) in [6, 6.07) is 8.27. The Morgan fingerprint density at radius 2 is 1.90 bits per heavy atom. The van der Waals surface area contributed by atoms with Gasteiger partial charge in [0.05, 0.1) is 6.04 Å². The number of hydrogen-bond acceptors (Lipinski definition) is 3. The topological polar surface area (TPSA) is 60.0 Å². The van der Waals surface area contributed by atoms with Gasteiger partial charge in [0, 0.05) is 45.2 Å². The maximum atomic E-state index is 11.6. The molecule has 30 heavy (non-hydrogen) atoms. The SMILES string of the molecule is CCN(CC)C(CNC(=NC)N1CCC(CC(=O)NC)CC1)c1ccccc1Cl.I. The van der Waals surface area contributed by atoms with Crippen LogP contribution in [0.2, 0.25) is 5.02 Å². The molecular formula is C22H37ClIN5O. The van der Waals surface area contributed by atoms with Crippen LogP contribution in [0.15, 0.2) is 29.3 Å². The van der Waals surface area contributed by atoms with Gasteiger partial charge in [-0.05, 0) is 43.5 Å². The number of nitrogens with one attached hydrogen (secondary N) is 2. The third-order valence-corrected chi connectivity index (χ3v) is 6.19.